The molecule has 3 aromatic rings. The van der Waals surface area contributed by atoms with Crippen LogP contribution in [0.15, 0.2) is 83.3 Å². The van der Waals surface area contributed by atoms with Crippen molar-refractivity contribution in [2.75, 3.05) is 12.3 Å². The quantitative estimate of drug-likeness (QED) is 0.192. The molecule has 0 radical (unpaired) electrons. The van der Waals surface area contributed by atoms with Crippen molar-refractivity contribution in [3.8, 4) is 0 Å². The molecule has 1 atom stereocenters. The Bertz CT molecular complexity index is 1220. The number of nitrogens with zero attached hydrogens (tertiary/aromatic N) is 2. The molecule has 3 rings (SSSR count). The van der Waals surface area contributed by atoms with Crippen LogP contribution in [-0.4, -0.2) is 40.0 Å². The van der Waals surface area contributed by atoms with Crippen molar-refractivity contribution < 1.29 is 14.5 Å². The lowest BCUT2D eigenvalue weighted by molar-refractivity contribution is -0.384. The average molecular weight is 599 g/mol. The first kappa shape index (κ1) is 29.4. The normalized spacial score (nSPS) is 11.7. The number of non-ortho nitro benzene ring substituents is 1. The monoisotopic (exact) mass is 597 g/mol. The van der Waals surface area contributed by atoms with Crippen molar-refractivity contribution in [1.82, 2.24) is 10.2 Å². The molecule has 2 amide bonds. The molecular formula is C29H32BrN3O4S. The molecule has 0 saturated carbocycles. The maximum Gasteiger partial charge on any atom is 0.269 e. The van der Waals surface area contributed by atoms with Gasteiger partial charge in [-0.25, -0.2) is 0 Å². The second-order valence-electron chi connectivity index (χ2n) is 9.41. The molecule has 0 aliphatic rings. The highest BCUT2D eigenvalue weighted by Gasteiger charge is 2.30. The van der Waals surface area contributed by atoms with Crippen molar-refractivity contribution in [3.63, 3.8) is 0 Å². The Morgan fingerprint density at radius 1 is 0.974 bits per heavy atom. The van der Waals surface area contributed by atoms with Gasteiger partial charge in [-0.3, -0.25) is 19.7 Å². The molecule has 0 aliphatic heterocycles. The van der Waals surface area contributed by atoms with Crippen LogP contribution in [0.25, 0.3) is 0 Å². The van der Waals surface area contributed by atoms with Gasteiger partial charge in [0.25, 0.3) is 5.69 Å². The number of nitro benzene ring substituents is 1. The van der Waals surface area contributed by atoms with Gasteiger partial charge < -0.3 is 10.2 Å². The van der Waals surface area contributed by atoms with E-state index in [1.807, 2.05) is 68.4 Å². The molecule has 0 aromatic heterocycles. The van der Waals surface area contributed by atoms with Gasteiger partial charge in [0.15, 0.2) is 0 Å². The van der Waals surface area contributed by atoms with Crippen molar-refractivity contribution in [2.45, 2.75) is 38.6 Å². The summed E-state index contributed by atoms with van der Waals surface area (Å²) in [7, 11) is 0. The van der Waals surface area contributed by atoms with E-state index in [0.717, 1.165) is 21.2 Å². The molecular weight excluding hydrogens is 566 g/mol. The Balaban J connectivity index is 1.82. The van der Waals surface area contributed by atoms with E-state index in [1.54, 1.807) is 17.0 Å². The third kappa shape index (κ3) is 9.29. The topological polar surface area (TPSA) is 92.6 Å². The summed E-state index contributed by atoms with van der Waals surface area (Å²) < 4.78 is 0.902. The zero-order valence-electron chi connectivity index (χ0n) is 21.5. The third-order valence-corrected chi connectivity index (χ3v) is 7.32. The second-order valence-corrected chi connectivity index (χ2v) is 11.3. The highest BCUT2D eigenvalue weighted by Crippen LogP contribution is 2.21. The molecule has 200 valence electrons. The number of nitro groups is 1. The lowest BCUT2D eigenvalue weighted by atomic mass is 10.0. The lowest BCUT2D eigenvalue weighted by Gasteiger charge is -2.32. The Kier molecular flexibility index (Phi) is 11.4. The van der Waals surface area contributed by atoms with Crippen molar-refractivity contribution in [2.24, 2.45) is 5.92 Å². The van der Waals surface area contributed by atoms with Gasteiger partial charge in [-0.15, -0.1) is 11.8 Å². The summed E-state index contributed by atoms with van der Waals surface area (Å²) in [6, 6.07) is 23.1. The molecule has 0 aliphatic carbocycles. The molecule has 9 heteroatoms. The molecule has 3 aromatic carbocycles. The number of benzene rings is 3. The first-order chi connectivity index (χ1) is 18.2. The fourth-order valence-electron chi connectivity index (χ4n) is 3.86. The number of hydrogen-bond donors (Lipinski definition) is 1. The van der Waals surface area contributed by atoms with Crippen LogP contribution in [0.4, 0.5) is 5.69 Å². The van der Waals surface area contributed by atoms with E-state index in [-0.39, 0.29) is 29.2 Å². The highest BCUT2D eigenvalue weighted by atomic mass is 79.9. The largest absolute Gasteiger partial charge is 0.354 e. The molecule has 0 spiro atoms. The van der Waals surface area contributed by atoms with Crippen LogP contribution in [0, 0.1) is 16.0 Å². The molecule has 1 N–H and O–H groups in total. The van der Waals surface area contributed by atoms with Gasteiger partial charge >= 0.3 is 0 Å². The minimum atomic E-state index is -0.678. The highest BCUT2D eigenvalue weighted by molar-refractivity contribution is 9.10. The van der Waals surface area contributed by atoms with Gasteiger partial charge in [0.05, 0.1) is 10.7 Å². The van der Waals surface area contributed by atoms with E-state index < -0.39 is 11.0 Å². The van der Waals surface area contributed by atoms with E-state index in [1.165, 1.54) is 23.9 Å². The minimum Gasteiger partial charge on any atom is -0.354 e. The summed E-state index contributed by atoms with van der Waals surface area (Å²) in [6.07, 6.45) is 0.400. The van der Waals surface area contributed by atoms with E-state index >= 15 is 0 Å². The fraction of sp³-hybridized carbons (Fsp3) is 0.310. The van der Waals surface area contributed by atoms with Gasteiger partial charge in [-0.05, 0) is 34.7 Å². The van der Waals surface area contributed by atoms with Gasteiger partial charge in [0.2, 0.25) is 11.8 Å². The van der Waals surface area contributed by atoms with Crippen LogP contribution >= 0.6 is 27.7 Å². The summed E-state index contributed by atoms with van der Waals surface area (Å²) in [5.41, 5.74) is 2.82. The number of thioether (sulfide) groups is 1. The van der Waals surface area contributed by atoms with E-state index in [2.05, 4.69) is 21.2 Å². The van der Waals surface area contributed by atoms with Gasteiger partial charge in [-0.1, -0.05) is 84.4 Å². The Labute approximate surface area is 236 Å². The number of carbonyl (C=O) groups is 2. The number of halogens is 1. The predicted molar refractivity (Wildman–Crippen MR) is 156 cm³/mol. The van der Waals surface area contributed by atoms with Crippen LogP contribution in [0.5, 0.6) is 0 Å². The van der Waals surface area contributed by atoms with Gasteiger partial charge in [0.1, 0.15) is 6.04 Å². The van der Waals surface area contributed by atoms with E-state index in [0.29, 0.717) is 25.3 Å². The first-order valence-electron chi connectivity index (χ1n) is 12.4. The minimum absolute atomic E-state index is 0.0335. The fourth-order valence-corrected chi connectivity index (χ4v) is 5.18. The maximum absolute atomic E-state index is 13.7. The van der Waals surface area contributed by atoms with Crippen LogP contribution in [0.2, 0.25) is 0 Å². The molecule has 0 fully saturated rings. The number of amides is 2. The van der Waals surface area contributed by atoms with Crippen LogP contribution in [-0.2, 0) is 28.3 Å². The SMILES string of the molecule is CC(C)CNC(=O)[C@@H](Cc1ccccc1)N(Cc1cccc(Br)c1)C(=O)CSCc1ccc([N+](=O)[O-])cc1. The smallest absolute Gasteiger partial charge is 0.269 e. The van der Waals surface area contributed by atoms with Crippen LogP contribution < -0.4 is 5.32 Å². The van der Waals surface area contributed by atoms with Crippen molar-refractivity contribution in [3.05, 3.63) is 110 Å². The maximum atomic E-state index is 13.7. The number of rotatable bonds is 13. The molecule has 0 heterocycles. The summed E-state index contributed by atoms with van der Waals surface area (Å²) in [5, 5.41) is 13.9. The Hall–Kier alpha value is -3.17. The zero-order valence-corrected chi connectivity index (χ0v) is 23.9. The second kappa shape index (κ2) is 14.7. The molecule has 0 saturated heterocycles. The molecule has 0 unspecified atom stereocenters. The van der Waals surface area contributed by atoms with Crippen LogP contribution in [0.1, 0.15) is 30.5 Å². The first-order valence-corrected chi connectivity index (χ1v) is 14.3. The van der Waals surface area contributed by atoms with Gasteiger partial charge in [0, 0.05) is 41.9 Å². The summed E-state index contributed by atoms with van der Waals surface area (Å²) in [4.78, 5) is 39.3. The Morgan fingerprint density at radius 3 is 2.29 bits per heavy atom. The molecule has 7 nitrogen and oxygen atoms in total. The van der Waals surface area contributed by atoms with E-state index in [9.17, 15) is 19.7 Å². The number of hydrogen-bond acceptors (Lipinski definition) is 5. The number of carbonyl (C=O) groups excluding carboxylic acids is 2. The lowest BCUT2D eigenvalue weighted by Crippen LogP contribution is -2.51. The predicted octanol–water partition coefficient (Wildman–Crippen LogP) is 6.00. The average Bonchev–Trinajstić information content (AvgIpc) is 2.90. The summed E-state index contributed by atoms with van der Waals surface area (Å²) in [6.45, 7) is 4.89. The molecule has 0 bridgehead atoms. The Morgan fingerprint density at radius 2 is 1.66 bits per heavy atom. The van der Waals surface area contributed by atoms with Crippen molar-refractivity contribution >= 4 is 45.2 Å². The van der Waals surface area contributed by atoms with Crippen LogP contribution in [0.3, 0.4) is 0 Å². The van der Waals surface area contributed by atoms with E-state index in [4.69, 9.17) is 0 Å². The van der Waals surface area contributed by atoms with Gasteiger partial charge in [-0.2, -0.15) is 0 Å². The third-order valence-electron chi connectivity index (χ3n) is 5.84. The standard InChI is InChI=1S/C29H32BrN3O4S/c1-21(2)17-31-29(35)27(16-22-7-4-3-5-8-22)32(18-24-9-6-10-25(30)15-24)28(34)20-38-19-23-11-13-26(14-12-23)33(36)37/h3-15,21,27H,16-20H2,1-2H3,(H,31,35)/t27-/m1/s1. The zero-order chi connectivity index (χ0) is 27.5. The number of nitrogens with one attached hydrogen (secondary N) is 1. The van der Waals surface area contributed by atoms with Crippen molar-refractivity contribution in [1.29, 1.82) is 0 Å². The molecule has 38 heavy (non-hydrogen) atoms. The summed E-state index contributed by atoms with van der Waals surface area (Å²) >= 11 is 4.92. The summed E-state index contributed by atoms with van der Waals surface area (Å²) in [5.74, 6) is 0.664.